The quantitative estimate of drug-likeness (QED) is 0.478. The standard InChI is InChI=1S/C11H24O4/c1-3-8(12)7-9(13)5-6-11(15)10(14)4-2/h8-15H,3-7H2,1-2H3. The fourth-order valence-electron chi connectivity index (χ4n) is 1.43. The van der Waals surface area contributed by atoms with Crippen LogP contribution in [0.2, 0.25) is 0 Å². The van der Waals surface area contributed by atoms with Crippen molar-refractivity contribution in [3.05, 3.63) is 0 Å². The van der Waals surface area contributed by atoms with Crippen molar-refractivity contribution in [3.63, 3.8) is 0 Å². The first-order valence-electron chi connectivity index (χ1n) is 5.73. The molecule has 4 unspecified atom stereocenters. The number of rotatable bonds is 8. The van der Waals surface area contributed by atoms with Gasteiger partial charge in [0.2, 0.25) is 0 Å². The highest BCUT2D eigenvalue weighted by Gasteiger charge is 2.17. The van der Waals surface area contributed by atoms with Gasteiger partial charge < -0.3 is 20.4 Å². The van der Waals surface area contributed by atoms with Gasteiger partial charge in [0.25, 0.3) is 0 Å². The summed E-state index contributed by atoms with van der Waals surface area (Å²) in [5.41, 5.74) is 0. The molecule has 0 amide bonds. The van der Waals surface area contributed by atoms with Crippen molar-refractivity contribution in [3.8, 4) is 0 Å². The fraction of sp³-hybridized carbons (Fsp3) is 1.00. The Bertz CT molecular complexity index is 152. The molecule has 4 nitrogen and oxygen atoms in total. The number of aliphatic hydroxyl groups excluding tert-OH is 4. The van der Waals surface area contributed by atoms with Gasteiger partial charge in [0.15, 0.2) is 0 Å². The van der Waals surface area contributed by atoms with Crippen LogP contribution in [0.3, 0.4) is 0 Å². The lowest BCUT2D eigenvalue weighted by atomic mass is 10.0. The van der Waals surface area contributed by atoms with Crippen LogP contribution >= 0.6 is 0 Å². The second-order valence-electron chi connectivity index (χ2n) is 4.07. The van der Waals surface area contributed by atoms with Crippen LogP contribution in [-0.4, -0.2) is 44.8 Å². The van der Waals surface area contributed by atoms with Crippen LogP contribution in [0.15, 0.2) is 0 Å². The molecule has 4 N–H and O–H groups in total. The lowest BCUT2D eigenvalue weighted by Crippen LogP contribution is -2.27. The van der Waals surface area contributed by atoms with E-state index in [1.807, 2.05) is 6.92 Å². The van der Waals surface area contributed by atoms with E-state index in [9.17, 15) is 20.4 Å². The Morgan fingerprint density at radius 2 is 1.33 bits per heavy atom. The zero-order valence-corrected chi connectivity index (χ0v) is 9.63. The van der Waals surface area contributed by atoms with E-state index < -0.39 is 24.4 Å². The molecule has 15 heavy (non-hydrogen) atoms. The van der Waals surface area contributed by atoms with Gasteiger partial charge in [-0.2, -0.15) is 0 Å². The fourth-order valence-corrected chi connectivity index (χ4v) is 1.43. The van der Waals surface area contributed by atoms with Crippen LogP contribution in [-0.2, 0) is 0 Å². The van der Waals surface area contributed by atoms with Gasteiger partial charge in [0.1, 0.15) is 0 Å². The van der Waals surface area contributed by atoms with Crippen molar-refractivity contribution >= 4 is 0 Å². The Hall–Kier alpha value is -0.160. The molecule has 0 fully saturated rings. The predicted molar refractivity (Wildman–Crippen MR) is 58.5 cm³/mol. The van der Waals surface area contributed by atoms with Crippen molar-refractivity contribution in [1.82, 2.24) is 0 Å². The van der Waals surface area contributed by atoms with Gasteiger partial charge in [-0.25, -0.2) is 0 Å². The van der Waals surface area contributed by atoms with Gasteiger partial charge in [-0.15, -0.1) is 0 Å². The normalized spacial score (nSPS) is 19.6. The minimum atomic E-state index is -0.775. The number of aliphatic hydroxyl groups is 4. The van der Waals surface area contributed by atoms with Gasteiger partial charge in [-0.1, -0.05) is 13.8 Å². The zero-order chi connectivity index (χ0) is 11.8. The highest BCUT2D eigenvalue weighted by molar-refractivity contribution is 4.69. The van der Waals surface area contributed by atoms with E-state index in [1.54, 1.807) is 6.92 Å². The second-order valence-corrected chi connectivity index (χ2v) is 4.07. The van der Waals surface area contributed by atoms with Crippen LogP contribution in [0, 0.1) is 0 Å². The molecule has 0 heterocycles. The van der Waals surface area contributed by atoms with Crippen molar-refractivity contribution in [2.45, 2.75) is 70.4 Å². The molecule has 0 aromatic rings. The molecule has 0 aromatic heterocycles. The van der Waals surface area contributed by atoms with Crippen molar-refractivity contribution in [1.29, 1.82) is 0 Å². The molecule has 0 aromatic carbocycles. The Balaban J connectivity index is 3.65. The third-order valence-corrected chi connectivity index (χ3v) is 2.67. The van der Waals surface area contributed by atoms with E-state index in [-0.39, 0.29) is 0 Å². The van der Waals surface area contributed by atoms with E-state index >= 15 is 0 Å². The second kappa shape index (κ2) is 8.05. The Labute approximate surface area is 91.6 Å². The lowest BCUT2D eigenvalue weighted by Gasteiger charge is -2.19. The Kier molecular flexibility index (Phi) is 7.96. The predicted octanol–water partition coefficient (Wildman–Crippen LogP) is 0.420. The molecule has 0 aliphatic rings. The minimum absolute atomic E-state index is 0.339. The Morgan fingerprint density at radius 1 is 0.733 bits per heavy atom. The highest BCUT2D eigenvalue weighted by Crippen LogP contribution is 2.12. The third-order valence-electron chi connectivity index (χ3n) is 2.67. The van der Waals surface area contributed by atoms with Crippen LogP contribution in [0.4, 0.5) is 0 Å². The summed E-state index contributed by atoms with van der Waals surface area (Å²) in [4.78, 5) is 0. The van der Waals surface area contributed by atoms with Gasteiger partial charge in [0, 0.05) is 0 Å². The summed E-state index contributed by atoms with van der Waals surface area (Å²) in [5.74, 6) is 0. The molecule has 0 saturated heterocycles. The number of hydrogen-bond donors (Lipinski definition) is 4. The smallest absolute Gasteiger partial charge is 0.0800 e. The van der Waals surface area contributed by atoms with Gasteiger partial charge in [-0.05, 0) is 32.1 Å². The monoisotopic (exact) mass is 220 g/mol. The summed E-state index contributed by atoms with van der Waals surface area (Å²) >= 11 is 0. The van der Waals surface area contributed by atoms with Gasteiger partial charge in [0.05, 0.1) is 24.4 Å². The van der Waals surface area contributed by atoms with E-state index in [0.29, 0.717) is 32.1 Å². The minimum Gasteiger partial charge on any atom is -0.393 e. The molecule has 0 saturated carbocycles. The third kappa shape index (κ3) is 6.84. The van der Waals surface area contributed by atoms with Gasteiger partial charge in [-0.3, -0.25) is 0 Å². The van der Waals surface area contributed by atoms with E-state index in [1.165, 1.54) is 0 Å². The SMILES string of the molecule is CCC(O)CC(O)CCC(O)C(O)CC. The van der Waals surface area contributed by atoms with Crippen molar-refractivity contribution < 1.29 is 20.4 Å². The molecular formula is C11H24O4. The van der Waals surface area contributed by atoms with Crippen LogP contribution in [0.5, 0.6) is 0 Å². The topological polar surface area (TPSA) is 80.9 Å². The number of hydrogen-bond acceptors (Lipinski definition) is 4. The summed E-state index contributed by atoms with van der Waals surface area (Å²) in [6.07, 6.45) is -0.317. The molecule has 4 atom stereocenters. The molecule has 0 aliphatic carbocycles. The van der Waals surface area contributed by atoms with Crippen LogP contribution in [0.25, 0.3) is 0 Å². The summed E-state index contributed by atoms with van der Waals surface area (Å²) < 4.78 is 0. The first-order valence-corrected chi connectivity index (χ1v) is 5.73. The first-order chi connectivity index (χ1) is 7.01. The maximum absolute atomic E-state index is 9.50. The average Bonchev–Trinajstić information content (AvgIpc) is 2.24. The summed E-state index contributed by atoms with van der Waals surface area (Å²) in [5, 5.41) is 37.5. The summed E-state index contributed by atoms with van der Waals surface area (Å²) in [6, 6.07) is 0. The molecular weight excluding hydrogens is 196 g/mol. The molecule has 4 heteroatoms. The van der Waals surface area contributed by atoms with Crippen LogP contribution < -0.4 is 0 Å². The summed E-state index contributed by atoms with van der Waals surface area (Å²) in [6.45, 7) is 3.65. The molecule has 0 radical (unpaired) electrons. The lowest BCUT2D eigenvalue weighted by molar-refractivity contribution is -0.000765. The molecule has 0 rings (SSSR count). The summed E-state index contributed by atoms with van der Waals surface area (Å²) in [7, 11) is 0. The maximum Gasteiger partial charge on any atom is 0.0800 e. The Morgan fingerprint density at radius 3 is 1.80 bits per heavy atom. The molecule has 92 valence electrons. The highest BCUT2D eigenvalue weighted by atomic mass is 16.3. The zero-order valence-electron chi connectivity index (χ0n) is 9.63. The van der Waals surface area contributed by atoms with E-state index in [4.69, 9.17) is 0 Å². The van der Waals surface area contributed by atoms with E-state index in [2.05, 4.69) is 0 Å². The van der Waals surface area contributed by atoms with Crippen LogP contribution in [0.1, 0.15) is 46.0 Å². The molecule has 0 bridgehead atoms. The van der Waals surface area contributed by atoms with Crippen molar-refractivity contribution in [2.75, 3.05) is 0 Å². The van der Waals surface area contributed by atoms with E-state index in [0.717, 1.165) is 0 Å². The van der Waals surface area contributed by atoms with Gasteiger partial charge >= 0.3 is 0 Å². The van der Waals surface area contributed by atoms with Crippen molar-refractivity contribution in [2.24, 2.45) is 0 Å². The maximum atomic E-state index is 9.50. The first kappa shape index (κ1) is 14.8. The molecule has 0 aliphatic heterocycles. The average molecular weight is 220 g/mol. The largest absolute Gasteiger partial charge is 0.393 e. The molecule has 0 spiro atoms.